The first-order chi connectivity index (χ1) is 15.6. The number of amides is 1. The Bertz CT molecular complexity index is 1140. The van der Waals surface area contributed by atoms with E-state index in [4.69, 9.17) is 9.72 Å². The third-order valence-electron chi connectivity index (χ3n) is 5.82. The van der Waals surface area contributed by atoms with Gasteiger partial charge in [0.2, 0.25) is 0 Å². The molecule has 0 spiro atoms. The minimum Gasteiger partial charge on any atom is -0.444 e. The summed E-state index contributed by atoms with van der Waals surface area (Å²) in [5, 5.41) is -0.651. The van der Waals surface area contributed by atoms with Gasteiger partial charge in [0.15, 0.2) is 9.84 Å². The number of ether oxygens (including phenoxy) is 1. The maximum absolute atomic E-state index is 13.4. The van der Waals surface area contributed by atoms with Crippen LogP contribution in [-0.2, 0) is 27.5 Å². The molecule has 1 fully saturated rings. The van der Waals surface area contributed by atoms with E-state index in [1.165, 1.54) is 4.90 Å². The van der Waals surface area contributed by atoms with E-state index in [9.17, 15) is 13.2 Å². The molecule has 2 aromatic rings. The second-order valence-corrected chi connectivity index (χ2v) is 14.0. The Morgan fingerprint density at radius 3 is 2.44 bits per heavy atom. The lowest BCUT2D eigenvalue weighted by atomic mass is 9.92. The van der Waals surface area contributed by atoms with E-state index >= 15 is 0 Å². The van der Waals surface area contributed by atoms with Gasteiger partial charge in [0, 0.05) is 32.6 Å². The van der Waals surface area contributed by atoms with Crippen molar-refractivity contribution in [3.05, 3.63) is 24.0 Å². The van der Waals surface area contributed by atoms with Gasteiger partial charge in [0.05, 0.1) is 21.2 Å². The molecule has 1 aliphatic rings. The van der Waals surface area contributed by atoms with Gasteiger partial charge in [-0.15, -0.1) is 0 Å². The quantitative estimate of drug-likeness (QED) is 0.607. The molecule has 0 radical (unpaired) electrons. The number of nitrogens with zero attached hydrogens (tertiary/aromatic N) is 4. The average Bonchev–Trinajstić information content (AvgIpc) is 3.28. The number of benzene rings is 1. The second kappa shape index (κ2) is 9.49. The van der Waals surface area contributed by atoms with Crippen LogP contribution in [0.3, 0.4) is 0 Å². The van der Waals surface area contributed by atoms with Gasteiger partial charge >= 0.3 is 6.09 Å². The molecule has 0 unspecified atom stereocenters. The molecule has 2 heterocycles. The molecule has 0 N–H and O–H groups in total. The van der Waals surface area contributed by atoms with Crippen LogP contribution in [0.4, 0.5) is 4.79 Å². The van der Waals surface area contributed by atoms with Gasteiger partial charge in [-0.2, -0.15) is 0 Å². The van der Waals surface area contributed by atoms with Crippen LogP contribution in [0, 0.1) is 5.41 Å². The summed E-state index contributed by atoms with van der Waals surface area (Å²) in [6.07, 6.45) is 0.726. The van der Waals surface area contributed by atoms with Crippen molar-refractivity contribution in [3.63, 3.8) is 0 Å². The van der Waals surface area contributed by atoms with Crippen molar-refractivity contribution in [2.75, 3.05) is 33.7 Å². The van der Waals surface area contributed by atoms with Gasteiger partial charge in [-0.3, -0.25) is 0 Å². The SMILES string of the molecule is CN(C)CCn1c(CC(C)(C)C)nc2cc(S(=O)(=O)[C@@H]3CCN(C(=O)OC(C)(C)C)C3)ccc21. The highest BCUT2D eigenvalue weighted by atomic mass is 32.2. The molecule has 1 atom stereocenters. The van der Waals surface area contributed by atoms with Crippen LogP contribution in [-0.4, -0.2) is 78.4 Å². The number of imidazole rings is 1. The fourth-order valence-electron chi connectivity index (χ4n) is 4.16. The highest BCUT2D eigenvalue weighted by molar-refractivity contribution is 7.92. The van der Waals surface area contributed by atoms with Gasteiger partial charge in [-0.25, -0.2) is 18.2 Å². The zero-order chi connectivity index (χ0) is 25.5. The second-order valence-electron chi connectivity index (χ2n) is 11.8. The predicted molar refractivity (Wildman–Crippen MR) is 135 cm³/mol. The molecule has 1 aliphatic heterocycles. The molecular weight excluding hydrogens is 452 g/mol. The lowest BCUT2D eigenvalue weighted by Crippen LogP contribution is -2.36. The Hall–Kier alpha value is -2.13. The zero-order valence-electron chi connectivity index (χ0n) is 21.9. The molecule has 8 nitrogen and oxygen atoms in total. The van der Waals surface area contributed by atoms with E-state index in [1.54, 1.807) is 32.9 Å². The van der Waals surface area contributed by atoms with Crippen LogP contribution in [0.25, 0.3) is 11.0 Å². The van der Waals surface area contributed by atoms with Crippen molar-refractivity contribution in [3.8, 4) is 0 Å². The van der Waals surface area contributed by atoms with Gasteiger partial charge in [-0.05, 0) is 64.9 Å². The fourth-order valence-corrected chi connectivity index (χ4v) is 5.87. The fraction of sp³-hybridized carbons (Fsp3) is 0.680. The smallest absolute Gasteiger partial charge is 0.410 e. The first-order valence-electron chi connectivity index (χ1n) is 11.9. The van der Waals surface area contributed by atoms with Crippen LogP contribution in [0.5, 0.6) is 0 Å². The summed E-state index contributed by atoms with van der Waals surface area (Å²) in [7, 11) is 0.463. The van der Waals surface area contributed by atoms with Crippen molar-refractivity contribution in [1.82, 2.24) is 19.4 Å². The zero-order valence-corrected chi connectivity index (χ0v) is 22.7. The molecule has 0 bridgehead atoms. The van der Waals surface area contributed by atoms with Crippen molar-refractivity contribution < 1.29 is 17.9 Å². The van der Waals surface area contributed by atoms with Crippen LogP contribution >= 0.6 is 0 Å². The number of likely N-dealkylation sites (N-methyl/N-ethyl adjacent to an activating group) is 1. The summed E-state index contributed by atoms with van der Waals surface area (Å²) >= 11 is 0. The first kappa shape index (κ1) is 26.5. The molecule has 0 aliphatic carbocycles. The maximum Gasteiger partial charge on any atom is 0.410 e. The Morgan fingerprint density at radius 2 is 1.85 bits per heavy atom. The van der Waals surface area contributed by atoms with E-state index in [0.717, 1.165) is 30.9 Å². The molecule has 1 saturated heterocycles. The number of sulfone groups is 1. The molecule has 9 heteroatoms. The standard InChI is InChI=1S/C25H40N4O4S/c1-24(2,3)16-22-26-20-15-18(9-10-21(20)29(22)14-13-27(7)8)34(31,32)19-11-12-28(17-19)23(30)33-25(4,5)6/h9-10,15,19H,11-14,16-17H2,1-8H3/t19-/m1/s1. The van der Waals surface area contributed by atoms with E-state index < -0.39 is 26.8 Å². The first-order valence-corrected chi connectivity index (χ1v) is 13.5. The molecule has 34 heavy (non-hydrogen) atoms. The third kappa shape index (κ3) is 6.30. The van der Waals surface area contributed by atoms with Crippen molar-refractivity contribution >= 4 is 27.0 Å². The Balaban J connectivity index is 1.89. The van der Waals surface area contributed by atoms with E-state index in [2.05, 4.69) is 30.2 Å². The lowest BCUT2D eigenvalue weighted by molar-refractivity contribution is 0.0295. The Labute approximate surface area is 204 Å². The lowest BCUT2D eigenvalue weighted by Gasteiger charge is -2.24. The number of rotatable bonds is 6. The van der Waals surface area contributed by atoms with Crippen molar-refractivity contribution in [2.45, 2.75) is 76.7 Å². The van der Waals surface area contributed by atoms with E-state index in [-0.39, 0.29) is 16.9 Å². The van der Waals surface area contributed by atoms with Gasteiger partial charge < -0.3 is 19.1 Å². The van der Waals surface area contributed by atoms with Gasteiger partial charge in [-0.1, -0.05) is 20.8 Å². The molecule has 190 valence electrons. The van der Waals surface area contributed by atoms with Crippen LogP contribution in [0.15, 0.2) is 23.1 Å². The number of hydrogen-bond acceptors (Lipinski definition) is 6. The van der Waals surface area contributed by atoms with Gasteiger partial charge in [0.1, 0.15) is 11.4 Å². The van der Waals surface area contributed by atoms with Gasteiger partial charge in [0.25, 0.3) is 0 Å². The van der Waals surface area contributed by atoms with E-state index in [0.29, 0.717) is 18.5 Å². The Morgan fingerprint density at radius 1 is 1.18 bits per heavy atom. The number of aromatic nitrogens is 2. The minimum absolute atomic E-state index is 0.0567. The topological polar surface area (TPSA) is 84.7 Å². The Kier molecular flexibility index (Phi) is 7.39. The summed E-state index contributed by atoms with van der Waals surface area (Å²) in [5.41, 5.74) is 1.08. The highest BCUT2D eigenvalue weighted by Crippen LogP contribution is 2.29. The van der Waals surface area contributed by atoms with Crippen molar-refractivity contribution in [1.29, 1.82) is 0 Å². The summed E-state index contributed by atoms with van der Waals surface area (Å²) in [4.78, 5) is 21.1. The normalized spacial score (nSPS) is 17.7. The van der Waals surface area contributed by atoms with Crippen LogP contribution in [0.2, 0.25) is 0 Å². The van der Waals surface area contributed by atoms with Crippen LogP contribution < -0.4 is 0 Å². The highest BCUT2D eigenvalue weighted by Gasteiger charge is 2.38. The predicted octanol–water partition coefficient (Wildman–Crippen LogP) is 3.97. The molecule has 1 amide bonds. The monoisotopic (exact) mass is 492 g/mol. The number of likely N-dealkylation sites (tertiary alicyclic amines) is 1. The molecular formula is C25H40N4O4S. The number of carbonyl (C=O) groups is 1. The summed E-state index contributed by atoms with van der Waals surface area (Å²) < 4.78 is 34.5. The number of hydrogen-bond donors (Lipinski definition) is 0. The largest absolute Gasteiger partial charge is 0.444 e. The summed E-state index contributed by atoms with van der Waals surface area (Å²) in [6, 6.07) is 5.25. The molecule has 1 aromatic carbocycles. The number of carbonyl (C=O) groups excluding carboxylic acids is 1. The van der Waals surface area contributed by atoms with E-state index in [1.807, 2.05) is 20.2 Å². The molecule has 1 aromatic heterocycles. The number of fused-ring (bicyclic) bond motifs is 1. The maximum atomic E-state index is 13.4. The minimum atomic E-state index is -3.61. The van der Waals surface area contributed by atoms with Crippen molar-refractivity contribution in [2.24, 2.45) is 5.41 Å². The summed E-state index contributed by atoms with van der Waals surface area (Å²) in [6.45, 7) is 14.1. The molecule has 3 rings (SSSR count). The van der Waals surface area contributed by atoms with Crippen LogP contribution in [0.1, 0.15) is 53.8 Å². The third-order valence-corrected chi connectivity index (χ3v) is 8.00. The molecule has 0 saturated carbocycles. The average molecular weight is 493 g/mol. The summed E-state index contributed by atoms with van der Waals surface area (Å²) in [5.74, 6) is 0.968.